The topological polar surface area (TPSA) is 213 Å². The fraction of sp³-hybridized carbons (Fsp3) is 0.400. The monoisotopic (exact) mass is 847 g/mol. The van der Waals surface area contributed by atoms with Crippen LogP contribution in [0.2, 0.25) is 0 Å². The average Bonchev–Trinajstić information content (AvgIpc) is 3.96. The standard InChI is InChI=1S/C45H53N9O8/c1-45(2,3)41(44(60)54-25-30(55)23-37(54)43(59)46-24-27-9-13-36-28(21-27)10-14-40(57)52(36)4)50-39(56)26-62-31-16-19-53(20-17-31)29-11-12-34(38(22-29)61-5)49-42(58)35-8-6-7-32(48-35)33-15-18-47-51-33/h6-15,18,21-22,30-31,37,41,55H,16-17,19-20,23-26H2,1-5H3,(H,46,59)(H,47,51)(H,49,58)(H,50,56)/t30-,37+,41-/m1/s1. The number of hydrogen-bond donors (Lipinski definition) is 5. The van der Waals surface area contributed by atoms with E-state index in [1.165, 1.54) is 11.0 Å². The third-order valence-corrected chi connectivity index (χ3v) is 11.4. The van der Waals surface area contributed by atoms with Gasteiger partial charge in [0.15, 0.2) is 0 Å². The molecule has 0 aliphatic carbocycles. The lowest BCUT2D eigenvalue weighted by atomic mass is 9.85. The van der Waals surface area contributed by atoms with Crippen LogP contribution in [-0.4, -0.2) is 111 Å². The molecule has 5 N–H and O–H groups in total. The maximum absolute atomic E-state index is 14.1. The molecule has 3 atom stereocenters. The van der Waals surface area contributed by atoms with Gasteiger partial charge < -0.3 is 44.9 Å². The quantitative estimate of drug-likeness (QED) is 0.116. The Hall–Kier alpha value is -6.59. The Labute approximate surface area is 358 Å². The summed E-state index contributed by atoms with van der Waals surface area (Å²) in [7, 11) is 3.24. The molecule has 7 rings (SSSR count). The first-order chi connectivity index (χ1) is 29.7. The second-order valence-electron chi connectivity index (χ2n) is 16.8. The Balaban J connectivity index is 0.899. The molecule has 4 amide bonds. The number of piperidine rings is 1. The molecular weight excluding hydrogens is 795 g/mol. The normalized spacial score (nSPS) is 17.5. The van der Waals surface area contributed by atoms with Crippen LogP contribution in [0.1, 0.15) is 56.1 Å². The summed E-state index contributed by atoms with van der Waals surface area (Å²) in [5.74, 6) is -1.22. The van der Waals surface area contributed by atoms with Crippen molar-refractivity contribution in [2.24, 2.45) is 12.5 Å². The van der Waals surface area contributed by atoms with Crippen LogP contribution in [-0.2, 0) is 32.7 Å². The summed E-state index contributed by atoms with van der Waals surface area (Å²) in [5.41, 5.74) is 3.68. The van der Waals surface area contributed by atoms with Crippen LogP contribution >= 0.6 is 0 Å². The number of nitrogens with zero attached hydrogens (tertiary/aromatic N) is 5. The molecule has 2 fully saturated rings. The predicted molar refractivity (Wildman–Crippen MR) is 232 cm³/mol. The molecule has 0 spiro atoms. The molecule has 5 aromatic rings. The molecular formula is C45H53N9O8. The van der Waals surface area contributed by atoms with Crippen molar-refractivity contribution in [3.63, 3.8) is 0 Å². The van der Waals surface area contributed by atoms with Crippen LogP contribution in [0.3, 0.4) is 0 Å². The number of nitrogens with one attached hydrogen (secondary N) is 4. The van der Waals surface area contributed by atoms with Crippen LogP contribution in [0.5, 0.6) is 5.75 Å². The number of aliphatic hydroxyl groups excluding tert-OH is 1. The summed E-state index contributed by atoms with van der Waals surface area (Å²) < 4.78 is 13.2. The Morgan fingerprint density at radius 3 is 2.52 bits per heavy atom. The second-order valence-corrected chi connectivity index (χ2v) is 16.8. The van der Waals surface area contributed by atoms with E-state index in [9.17, 15) is 29.1 Å². The van der Waals surface area contributed by atoms with Gasteiger partial charge in [-0.05, 0) is 77.7 Å². The number of pyridine rings is 2. The van der Waals surface area contributed by atoms with Gasteiger partial charge >= 0.3 is 0 Å². The average molecular weight is 848 g/mol. The van der Waals surface area contributed by atoms with Gasteiger partial charge in [-0.3, -0.25) is 29.1 Å². The fourth-order valence-corrected chi connectivity index (χ4v) is 7.92. The van der Waals surface area contributed by atoms with Gasteiger partial charge in [0.1, 0.15) is 30.1 Å². The zero-order valence-electron chi connectivity index (χ0n) is 35.5. The maximum Gasteiger partial charge on any atom is 0.274 e. The van der Waals surface area contributed by atoms with Crippen molar-refractivity contribution in [1.29, 1.82) is 0 Å². The number of methoxy groups -OCH3 is 1. The van der Waals surface area contributed by atoms with Crippen molar-refractivity contribution >= 4 is 45.9 Å². The highest BCUT2D eigenvalue weighted by Crippen LogP contribution is 2.32. The molecule has 0 bridgehead atoms. The van der Waals surface area contributed by atoms with E-state index in [0.717, 1.165) is 22.2 Å². The first-order valence-electron chi connectivity index (χ1n) is 20.7. The van der Waals surface area contributed by atoms with Gasteiger partial charge in [0, 0.05) is 63.7 Å². The lowest BCUT2D eigenvalue weighted by Gasteiger charge is -2.36. The molecule has 0 saturated carbocycles. The number of anilines is 2. The van der Waals surface area contributed by atoms with Crippen LogP contribution in [0.4, 0.5) is 11.4 Å². The van der Waals surface area contributed by atoms with E-state index in [-0.39, 0.29) is 49.4 Å². The number of aryl methyl sites for hydroxylation is 1. The van der Waals surface area contributed by atoms with E-state index in [2.05, 4.69) is 36.0 Å². The van der Waals surface area contributed by atoms with Crippen LogP contribution in [0, 0.1) is 5.41 Å². The third-order valence-electron chi connectivity index (χ3n) is 11.4. The van der Waals surface area contributed by atoms with Crippen LogP contribution < -0.4 is 31.1 Å². The molecule has 3 aromatic heterocycles. The van der Waals surface area contributed by atoms with Crippen molar-refractivity contribution in [2.75, 3.05) is 43.6 Å². The van der Waals surface area contributed by atoms with Crippen molar-refractivity contribution in [3.8, 4) is 17.1 Å². The number of aromatic amines is 1. The number of H-pyrrole nitrogens is 1. The highest BCUT2D eigenvalue weighted by molar-refractivity contribution is 6.04. The number of amides is 4. The largest absolute Gasteiger partial charge is 0.494 e. The zero-order valence-corrected chi connectivity index (χ0v) is 35.5. The predicted octanol–water partition coefficient (Wildman–Crippen LogP) is 3.38. The summed E-state index contributed by atoms with van der Waals surface area (Å²) in [6.07, 6.45) is 1.89. The summed E-state index contributed by atoms with van der Waals surface area (Å²) in [6, 6.07) is 19.4. The van der Waals surface area contributed by atoms with E-state index >= 15 is 0 Å². The summed E-state index contributed by atoms with van der Waals surface area (Å²) in [6.45, 7) is 6.69. The van der Waals surface area contributed by atoms with Crippen molar-refractivity contribution in [1.82, 2.24) is 35.3 Å². The second kappa shape index (κ2) is 18.6. The van der Waals surface area contributed by atoms with Gasteiger partial charge in [-0.25, -0.2) is 4.98 Å². The maximum atomic E-state index is 14.1. The van der Waals surface area contributed by atoms with Crippen LogP contribution in [0.15, 0.2) is 83.8 Å². The van der Waals surface area contributed by atoms with Gasteiger partial charge in [0.05, 0.1) is 41.9 Å². The van der Waals surface area contributed by atoms with Crippen molar-refractivity contribution in [2.45, 2.75) is 70.9 Å². The molecule has 2 saturated heterocycles. The van der Waals surface area contributed by atoms with Gasteiger partial charge in [0.2, 0.25) is 17.7 Å². The summed E-state index contributed by atoms with van der Waals surface area (Å²) >= 11 is 0. The summed E-state index contributed by atoms with van der Waals surface area (Å²) in [5, 5.41) is 26.9. The Morgan fingerprint density at radius 2 is 1.79 bits per heavy atom. The summed E-state index contributed by atoms with van der Waals surface area (Å²) in [4.78, 5) is 74.1. The number of benzene rings is 2. The minimum Gasteiger partial charge on any atom is -0.494 e. The molecule has 5 heterocycles. The minimum absolute atomic E-state index is 0.0408. The van der Waals surface area contributed by atoms with Crippen LogP contribution in [0.25, 0.3) is 22.3 Å². The number of likely N-dealkylation sites (tertiary alicyclic amines) is 1. The van der Waals surface area contributed by atoms with E-state index < -0.39 is 41.3 Å². The smallest absolute Gasteiger partial charge is 0.274 e. The number of fused-ring (bicyclic) bond motifs is 1. The third kappa shape index (κ3) is 9.95. The van der Waals surface area contributed by atoms with E-state index in [1.54, 1.807) is 61.3 Å². The van der Waals surface area contributed by atoms with Gasteiger partial charge in [0.25, 0.3) is 11.5 Å². The number of carbonyl (C=O) groups excluding carboxylic acids is 4. The van der Waals surface area contributed by atoms with Crippen molar-refractivity contribution < 1.29 is 33.8 Å². The lowest BCUT2D eigenvalue weighted by Crippen LogP contribution is -2.58. The number of aromatic nitrogens is 4. The minimum atomic E-state index is -0.987. The fourth-order valence-electron chi connectivity index (χ4n) is 7.92. The molecule has 62 heavy (non-hydrogen) atoms. The first kappa shape index (κ1) is 43.5. The number of aliphatic hydroxyl groups is 1. The molecule has 0 radical (unpaired) electrons. The lowest BCUT2D eigenvalue weighted by molar-refractivity contribution is -0.145. The number of hydrogen-bond acceptors (Lipinski definition) is 11. The SMILES string of the molecule is COc1cc(N2CCC(OCC(=O)N[C@H](C(=O)N3C[C@H](O)C[C@H]3C(=O)NCc3ccc4c(ccc(=O)n4C)c3)C(C)(C)C)CC2)ccc1NC(=O)c1cccc(-c2ccn[nH]2)n1. The number of ether oxygens (including phenoxy) is 2. The number of β-amino-alcohol motifs (C(OH)–C–C–N with tert-alkyl or cyclic N) is 1. The zero-order chi connectivity index (χ0) is 44.1. The molecule has 2 aliphatic heterocycles. The number of rotatable bonds is 13. The van der Waals surface area contributed by atoms with Gasteiger partial charge in [-0.2, -0.15) is 5.10 Å². The molecule has 2 aliphatic rings. The van der Waals surface area contributed by atoms with E-state index in [0.29, 0.717) is 48.8 Å². The number of carbonyl (C=O) groups is 4. The molecule has 17 nitrogen and oxygen atoms in total. The Kier molecular flexibility index (Phi) is 13.0. The van der Waals surface area contributed by atoms with Gasteiger partial charge in [-0.1, -0.05) is 32.9 Å². The first-order valence-corrected chi connectivity index (χ1v) is 20.7. The Morgan fingerprint density at radius 1 is 1.00 bits per heavy atom. The highest BCUT2D eigenvalue weighted by atomic mass is 16.5. The molecule has 17 heteroatoms. The molecule has 2 aromatic carbocycles. The van der Waals surface area contributed by atoms with Crippen molar-refractivity contribution in [3.05, 3.63) is 101 Å². The molecule has 0 unspecified atom stereocenters. The van der Waals surface area contributed by atoms with Gasteiger partial charge in [-0.15, -0.1) is 0 Å². The molecule has 326 valence electrons. The Bertz CT molecular complexity index is 2490. The van der Waals surface area contributed by atoms with E-state index in [1.807, 2.05) is 51.1 Å². The van der Waals surface area contributed by atoms with E-state index in [4.69, 9.17) is 9.47 Å². The highest BCUT2D eigenvalue weighted by Gasteiger charge is 2.44.